The number of nitrogens with two attached hydrogens (primary N) is 1. The Hall–Kier alpha value is -2.43. The molecule has 0 spiro atoms. The van der Waals surface area contributed by atoms with Gasteiger partial charge in [0.05, 0.1) is 0 Å². The molecule has 5 heteroatoms. The summed E-state index contributed by atoms with van der Waals surface area (Å²) >= 11 is 0. The standard InChI is InChI=1S/C14H12F2N2O/c1-2-5-9-6-3-4-7-12(9)19-14-11(16)8-10(15)13(17)18-14/h2-8H,1H3,(H2,17,18)/b5-2+. The zero-order valence-corrected chi connectivity index (χ0v) is 10.2. The summed E-state index contributed by atoms with van der Waals surface area (Å²) in [5, 5.41) is 0. The number of nitrogens with zero attached hydrogens (tertiary/aromatic N) is 1. The summed E-state index contributed by atoms with van der Waals surface area (Å²) in [5.74, 6) is -2.15. The summed E-state index contributed by atoms with van der Waals surface area (Å²) in [6, 6.07) is 7.68. The second-order valence-electron chi connectivity index (χ2n) is 3.78. The van der Waals surface area contributed by atoms with E-state index in [1.165, 1.54) is 0 Å². The van der Waals surface area contributed by atoms with Crippen LogP contribution in [0.1, 0.15) is 12.5 Å². The molecule has 0 amide bonds. The number of benzene rings is 1. The maximum atomic E-state index is 13.5. The Morgan fingerprint density at radius 1 is 1.21 bits per heavy atom. The van der Waals surface area contributed by atoms with Crippen LogP contribution in [0.25, 0.3) is 6.08 Å². The summed E-state index contributed by atoms with van der Waals surface area (Å²) in [4.78, 5) is 3.55. The molecule has 0 atom stereocenters. The molecule has 19 heavy (non-hydrogen) atoms. The minimum atomic E-state index is -0.911. The molecular weight excluding hydrogens is 250 g/mol. The number of halogens is 2. The SMILES string of the molecule is C/C=C/c1ccccc1Oc1nc(N)c(F)cc1F. The molecule has 0 radical (unpaired) electrons. The van der Waals surface area contributed by atoms with Gasteiger partial charge >= 0.3 is 0 Å². The summed E-state index contributed by atoms with van der Waals surface area (Å²) in [7, 11) is 0. The fourth-order valence-electron chi connectivity index (χ4n) is 1.53. The number of hydrogen-bond acceptors (Lipinski definition) is 3. The van der Waals surface area contributed by atoms with Gasteiger partial charge in [-0.05, 0) is 13.0 Å². The lowest BCUT2D eigenvalue weighted by atomic mass is 10.2. The highest BCUT2D eigenvalue weighted by Crippen LogP contribution is 2.28. The highest BCUT2D eigenvalue weighted by atomic mass is 19.1. The van der Waals surface area contributed by atoms with E-state index in [4.69, 9.17) is 10.5 Å². The monoisotopic (exact) mass is 262 g/mol. The molecule has 1 aromatic heterocycles. The second-order valence-corrected chi connectivity index (χ2v) is 3.78. The molecule has 0 aliphatic carbocycles. The van der Waals surface area contributed by atoms with Crippen LogP contribution < -0.4 is 10.5 Å². The van der Waals surface area contributed by atoms with E-state index in [1.807, 2.05) is 19.1 Å². The Bertz CT molecular complexity index is 627. The van der Waals surface area contributed by atoms with Crippen molar-refractivity contribution in [2.45, 2.75) is 6.92 Å². The van der Waals surface area contributed by atoms with E-state index in [-0.39, 0.29) is 5.88 Å². The zero-order valence-electron chi connectivity index (χ0n) is 10.2. The molecule has 1 aromatic carbocycles. The molecule has 0 aliphatic rings. The average Bonchev–Trinajstić information content (AvgIpc) is 2.38. The smallest absolute Gasteiger partial charge is 0.258 e. The Kier molecular flexibility index (Phi) is 3.75. The Balaban J connectivity index is 2.39. The van der Waals surface area contributed by atoms with Crippen molar-refractivity contribution in [1.82, 2.24) is 4.98 Å². The first-order chi connectivity index (χ1) is 9.11. The van der Waals surface area contributed by atoms with Crippen LogP contribution in [0, 0.1) is 11.6 Å². The van der Waals surface area contributed by atoms with Gasteiger partial charge < -0.3 is 10.5 Å². The number of para-hydroxylation sites is 1. The van der Waals surface area contributed by atoms with E-state index in [2.05, 4.69) is 4.98 Å². The van der Waals surface area contributed by atoms with Crippen molar-refractivity contribution in [3.8, 4) is 11.6 Å². The van der Waals surface area contributed by atoms with Crippen molar-refractivity contribution in [1.29, 1.82) is 0 Å². The Labute approximate surface area is 109 Å². The molecule has 0 unspecified atom stereocenters. The molecule has 2 rings (SSSR count). The third-order valence-corrected chi connectivity index (χ3v) is 2.40. The van der Waals surface area contributed by atoms with Gasteiger partial charge in [0, 0.05) is 11.6 Å². The molecule has 98 valence electrons. The highest BCUT2D eigenvalue weighted by Gasteiger charge is 2.12. The predicted octanol–water partition coefficient (Wildman–Crippen LogP) is 3.77. The van der Waals surface area contributed by atoms with Crippen LogP contribution >= 0.6 is 0 Å². The third-order valence-electron chi connectivity index (χ3n) is 2.40. The van der Waals surface area contributed by atoms with Crippen LogP contribution in [-0.4, -0.2) is 4.98 Å². The minimum Gasteiger partial charge on any atom is -0.436 e. The molecule has 1 heterocycles. The molecule has 0 fully saturated rings. The van der Waals surface area contributed by atoms with E-state index in [0.717, 1.165) is 5.56 Å². The van der Waals surface area contributed by atoms with E-state index in [0.29, 0.717) is 11.8 Å². The molecule has 0 saturated carbocycles. The van der Waals surface area contributed by atoms with Crippen molar-refractivity contribution in [3.05, 3.63) is 53.6 Å². The van der Waals surface area contributed by atoms with Crippen molar-refractivity contribution in [2.75, 3.05) is 5.73 Å². The normalized spacial score (nSPS) is 10.9. The lowest BCUT2D eigenvalue weighted by Crippen LogP contribution is -2.00. The first-order valence-corrected chi connectivity index (χ1v) is 5.63. The number of pyridine rings is 1. The van der Waals surface area contributed by atoms with Crippen LogP contribution in [-0.2, 0) is 0 Å². The van der Waals surface area contributed by atoms with Gasteiger partial charge in [0.25, 0.3) is 5.88 Å². The van der Waals surface area contributed by atoms with Gasteiger partial charge in [-0.25, -0.2) is 8.78 Å². The summed E-state index contributed by atoms with van der Waals surface area (Å²) in [6.07, 6.45) is 3.63. The second kappa shape index (κ2) is 5.48. The topological polar surface area (TPSA) is 48.1 Å². The maximum Gasteiger partial charge on any atom is 0.258 e. The zero-order chi connectivity index (χ0) is 13.8. The number of aromatic nitrogens is 1. The van der Waals surface area contributed by atoms with Crippen molar-refractivity contribution >= 4 is 11.9 Å². The van der Waals surface area contributed by atoms with Gasteiger partial charge in [0.15, 0.2) is 17.5 Å². The van der Waals surface area contributed by atoms with Gasteiger partial charge in [-0.2, -0.15) is 4.98 Å². The minimum absolute atomic E-state index is 0.351. The number of anilines is 1. The van der Waals surface area contributed by atoms with Gasteiger partial charge in [-0.3, -0.25) is 0 Å². The summed E-state index contributed by atoms with van der Waals surface area (Å²) < 4.78 is 31.9. The quantitative estimate of drug-likeness (QED) is 0.916. The Morgan fingerprint density at radius 2 is 1.95 bits per heavy atom. The number of ether oxygens (including phenoxy) is 1. The van der Waals surface area contributed by atoms with E-state index < -0.39 is 17.5 Å². The fourth-order valence-corrected chi connectivity index (χ4v) is 1.53. The van der Waals surface area contributed by atoms with Crippen LogP contribution in [0.3, 0.4) is 0 Å². The van der Waals surface area contributed by atoms with Gasteiger partial charge in [-0.1, -0.05) is 30.4 Å². The van der Waals surface area contributed by atoms with Crippen molar-refractivity contribution in [2.24, 2.45) is 0 Å². The average molecular weight is 262 g/mol. The highest BCUT2D eigenvalue weighted by molar-refractivity contribution is 5.57. The lowest BCUT2D eigenvalue weighted by Gasteiger charge is -2.09. The van der Waals surface area contributed by atoms with Gasteiger partial charge in [0.1, 0.15) is 5.75 Å². The van der Waals surface area contributed by atoms with Crippen LogP contribution in [0.4, 0.5) is 14.6 Å². The van der Waals surface area contributed by atoms with Crippen LogP contribution in [0.2, 0.25) is 0 Å². The van der Waals surface area contributed by atoms with Crippen molar-refractivity contribution < 1.29 is 13.5 Å². The van der Waals surface area contributed by atoms with Crippen molar-refractivity contribution in [3.63, 3.8) is 0 Å². The molecule has 0 aliphatic heterocycles. The summed E-state index contributed by atoms with van der Waals surface area (Å²) in [5.41, 5.74) is 6.05. The number of rotatable bonds is 3. The molecule has 2 aromatic rings. The molecule has 0 saturated heterocycles. The van der Waals surface area contributed by atoms with Crippen LogP contribution in [0.5, 0.6) is 11.6 Å². The molecular formula is C14H12F2N2O. The Morgan fingerprint density at radius 3 is 2.68 bits per heavy atom. The fraction of sp³-hybridized carbons (Fsp3) is 0.0714. The molecule has 2 N–H and O–H groups in total. The number of allylic oxidation sites excluding steroid dienone is 1. The maximum absolute atomic E-state index is 13.5. The number of nitrogen functional groups attached to an aromatic ring is 1. The van der Waals surface area contributed by atoms with Crippen LogP contribution in [0.15, 0.2) is 36.4 Å². The third kappa shape index (κ3) is 2.88. The largest absolute Gasteiger partial charge is 0.436 e. The first-order valence-electron chi connectivity index (χ1n) is 5.63. The molecule has 3 nitrogen and oxygen atoms in total. The van der Waals surface area contributed by atoms with E-state index in [1.54, 1.807) is 24.3 Å². The molecule has 0 bridgehead atoms. The van der Waals surface area contributed by atoms with E-state index >= 15 is 0 Å². The lowest BCUT2D eigenvalue weighted by molar-refractivity contribution is 0.417. The summed E-state index contributed by atoms with van der Waals surface area (Å²) in [6.45, 7) is 1.85. The number of hydrogen-bond donors (Lipinski definition) is 1. The van der Waals surface area contributed by atoms with E-state index in [9.17, 15) is 8.78 Å². The first kappa shape index (κ1) is 13.0. The van der Waals surface area contributed by atoms with Gasteiger partial charge in [0.2, 0.25) is 0 Å². The predicted molar refractivity (Wildman–Crippen MR) is 69.8 cm³/mol. The van der Waals surface area contributed by atoms with Gasteiger partial charge in [-0.15, -0.1) is 0 Å².